The van der Waals surface area contributed by atoms with Gasteiger partial charge in [0.2, 0.25) is 11.9 Å². The number of H-pyrrole nitrogens is 2. The number of Topliss-reactive ketones (excluding diaryl/α,β-unsaturated/α-hetero) is 2. The second kappa shape index (κ2) is 21.0. The third kappa shape index (κ3) is 9.88. The van der Waals surface area contributed by atoms with Crippen LogP contribution in [-0.2, 0) is 9.59 Å². The lowest BCUT2D eigenvalue weighted by atomic mass is 10.1. The number of carbonyl (C=O) groups excluding carboxylic acids is 3. The molecule has 0 bridgehead atoms. The Labute approximate surface area is 422 Å². The molecule has 25 nitrogen and oxygen atoms in total. The van der Waals surface area contributed by atoms with E-state index in [4.69, 9.17) is 5.11 Å². The Morgan fingerprint density at radius 2 is 1.05 bits per heavy atom. The number of pyridine rings is 2. The van der Waals surface area contributed by atoms with Crippen molar-refractivity contribution in [1.82, 2.24) is 89.7 Å². The summed E-state index contributed by atoms with van der Waals surface area (Å²) in [6, 6.07) is 19.8. The molecule has 10 heterocycles. The fraction of sp³-hybridized carbons (Fsp3) is 0.208. The van der Waals surface area contributed by atoms with E-state index in [1.807, 2.05) is 72.0 Å². The van der Waals surface area contributed by atoms with Crippen LogP contribution in [0.3, 0.4) is 0 Å². The molecular formula is C48H44F2N20O5. The van der Waals surface area contributed by atoms with Crippen molar-refractivity contribution in [3.05, 3.63) is 145 Å². The van der Waals surface area contributed by atoms with Gasteiger partial charge in [0.25, 0.3) is 17.5 Å². The number of anilines is 2. The van der Waals surface area contributed by atoms with E-state index in [1.54, 1.807) is 10.9 Å². The smallest absolute Gasteiger partial charge is 0.377 e. The molecular weight excluding hydrogens is 975 g/mol. The van der Waals surface area contributed by atoms with Crippen LogP contribution in [0.25, 0.3) is 44.8 Å². The summed E-state index contributed by atoms with van der Waals surface area (Å²) in [7, 11) is 0. The Kier molecular flexibility index (Phi) is 13.7. The maximum absolute atomic E-state index is 14.8. The lowest BCUT2D eigenvalue weighted by Gasteiger charge is -2.34. The van der Waals surface area contributed by atoms with E-state index in [0.717, 1.165) is 67.9 Å². The van der Waals surface area contributed by atoms with Gasteiger partial charge in [-0.3, -0.25) is 14.4 Å². The second-order valence-electron chi connectivity index (χ2n) is 16.9. The summed E-state index contributed by atoms with van der Waals surface area (Å²) in [6.07, 6.45) is 10.3. The summed E-state index contributed by atoms with van der Waals surface area (Å²) in [5.41, 5.74) is 2.04. The number of piperazine rings is 2. The van der Waals surface area contributed by atoms with Crippen molar-refractivity contribution in [1.29, 1.82) is 0 Å². The van der Waals surface area contributed by atoms with Crippen LogP contribution >= 0.6 is 0 Å². The van der Waals surface area contributed by atoms with E-state index in [1.165, 1.54) is 39.1 Å². The van der Waals surface area contributed by atoms with Crippen LogP contribution in [-0.4, -0.2) is 165 Å². The van der Waals surface area contributed by atoms with Gasteiger partial charge < -0.3 is 35.1 Å². The van der Waals surface area contributed by atoms with Crippen LogP contribution in [0, 0.1) is 25.5 Å². The Morgan fingerprint density at radius 3 is 1.49 bits per heavy atom. The minimum Gasteiger partial charge on any atom is -0.475 e. The summed E-state index contributed by atoms with van der Waals surface area (Å²) in [4.78, 5) is 77.0. The van der Waals surface area contributed by atoms with E-state index in [2.05, 4.69) is 83.1 Å². The Balaban J connectivity index is 0.000000142. The van der Waals surface area contributed by atoms with E-state index < -0.39 is 35.1 Å². The molecule has 2 saturated heterocycles. The summed E-state index contributed by atoms with van der Waals surface area (Å²) >= 11 is 0. The molecule has 2 fully saturated rings. The average Bonchev–Trinajstić information content (AvgIpc) is 4.33. The zero-order valence-corrected chi connectivity index (χ0v) is 40.0. The molecule has 2 aromatic carbocycles. The number of halogens is 2. The average molecular weight is 1020 g/mol. The number of carboxylic acids is 1. The summed E-state index contributed by atoms with van der Waals surface area (Å²) in [6.45, 7) is 9.26. The number of fused-ring (bicyclic) bond motifs is 2. The summed E-state index contributed by atoms with van der Waals surface area (Å²) in [5.74, 6) is -2.32. The van der Waals surface area contributed by atoms with E-state index in [0.29, 0.717) is 38.0 Å². The molecule has 2 aliphatic rings. The van der Waals surface area contributed by atoms with Crippen LogP contribution in [0.15, 0.2) is 110 Å². The molecule has 0 unspecified atom stereocenters. The standard InChI is InChI=1S/C24H21FN10O2.C13H17N5.C11H6FN5O3/c1-15-29-24(35(30-15)16-5-3-2-4-6-16)33-11-9-32(10-12-33)23(37)21(36)17-13-26-20-19(17)18(25)14-27-22(20)34-8-7-28-31-34;1-11-15-13(17-9-7-14-8-10-17)18(16-11)12-5-3-2-4-6-12;12-6-4-14-10(17-2-1-15-16-17)8-7(6)5(3-13-8)9(18)11(19)20/h2-8,13-14,26H,9-12H2,1H3;2-6,14H,7-10H2,1H3;1-4,13H,(H,19,20). The van der Waals surface area contributed by atoms with Gasteiger partial charge in [-0.25, -0.2) is 32.9 Å². The lowest BCUT2D eigenvalue weighted by Crippen LogP contribution is -2.51. The fourth-order valence-corrected chi connectivity index (χ4v) is 8.59. The SMILES string of the molecule is Cc1nc(N2CCN(C(=O)C(=O)c3c[nH]c4c(-n5ccnn5)ncc(F)c34)CC2)n(-c2ccccc2)n1.Cc1nc(N2CCNCC2)n(-c2ccccc2)n1.O=C(O)C(=O)c1c[nH]c2c(-n3ccnn3)ncc(F)c12. The first kappa shape index (κ1) is 48.7. The third-order valence-electron chi connectivity index (χ3n) is 12.1. The van der Waals surface area contributed by atoms with Crippen molar-refractivity contribution < 1.29 is 33.1 Å². The van der Waals surface area contributed by atoms with Gasteiger partial charge in [-0.05, 0) is 38.1 Å². The van der Waals surface area contributed by atoms with Gasteiger partial charge in [0, 0.05) is 64.8 Å². The van der Waals surface area contributed by atoms with Gasteiger partial charge in [-0.15, -0.1) is 20.4 Å². The van der Waals surface area contributed by atoms with Crippen molar-refractivity contribution >= 4 is 57.1 Å². The third-order valence-corrected chi connectivity index (χ3v) is 12.1. The molecule has 4 N–H and O–H groups in total. The number of carboxylic acid groups (broad SMARTS) is 1. The highest BCUT2D eigenvalue weighted by atomic mass is 19.1. The highest BCUT2D eigenvalue weighted by Crippen LogP contribution is 2.28. The Bertz CT molecular complexity index is 3660. The number of para-hydroxylation sites is 2. The highest BCUT2D eigenvalue weighted by molar-refractivity contribution is 6.45. The van der Waals surface area contributed by atoms with Gasteiger partial charge >= 0.3 is 5.97 Å². The number of benzene rings is 2. The molecule has 12 rings (SSSR count). The van der Waals surface area contributed by atoms with Gasteiger partial charge in [-0.1, -0.05) is 46.8 Å². The molecule has 0 radical (unpaired) electrons. The fourth-order valence-electron chi connectivity index (χ4n) is 8.59. The molecule has 0 spiro atoms. The molecule has 0 aliphatic carbocycles. The molecule has 27 heteroatoms. The Hall–Kier alpha value is -9.92. The number of aromatic nitrogens is 16. The number of hydrogen-bond donors (Lipinski definition) is 4. The van der Waals surface area contributed by atoms with Gasteiger partial charge in [0.1, 0.15) is 11.6 Å². The second-order valence-corrected chi connectivity index (χ2v) is 16.9. The minimum absolute atomic E-state index is 0.0103. The van der Waals surface area contributed by atoms with Crippen molar-refractivity contribution in [3.8, 4) is 23.0 Å². The number of nitrogens with one attached hydrogen (secondary N) is 3. The minimum atomic E-state index is -1.66. The normalized spacial score (nSPS) is 13.6. The maximum Gasteiger partial charge on any atom is 0.377 e. The predicted molar refractivity (Wildman–Crippen MR) is 264 cm³/mol. The first-order chi connectivity index (χ1) is 36.4. The number of aliphatic carboxylic acids is 1. The zero-order chi connectivity index (χ0) is 52.2. The number of amides is 1. The lowest BCUT2D eigenvalue weighted by molar-refractivity contribution is -0.131. The largest absolute Gasteiger partial charge is 0.475 e. The molecule has 0 saturated carbocycles. The first-order valence-corrected chi connectivity index (χ1v) is 23.3. The number of aromatic amines is 2. The monoisotopic (exact) mass is 1020 g/mol. The van der Waals surface area contributed by atoms with Crippen LogP contribution < -0.4 is 15.1 Å². The van der Waals surface area contributed by atoms with Crippen LogP contribution in [0.4, 0.5) is 20.7 Å². The predicted octanol–water partition coefficient (Wildman–Crippen LogP) is 3.24. The van der Waals surface area contributed by atoms with Crippen molar-refractivity contribution in [2.45, 2.75) is 13.8 Å². The summed E-state index contributed by atoms with van der Waals surface area (Å²) in [5, 5.41) is 35.9. The van der Waals surface area contributed by atoms with Gasteiger partial charge in [0.15, 0.2) is 23.3 Å². The van der Waals surface area contributed by atoms with Crippen molar-refractivity contribution in [2.24, 2.45) is 0 Å². The van der Waals surface area contributed by atoms with Gasteiger partial charge in [-0.2, -0.15) is 19.3 Å². The molecule has 0 atom stereocenters. The zero-order valence-electron chi connectivity index (χ0n) is 40.0. The number of rotatable bonds is 10. The topological polar surface area (TPSA) is 290 Å². The van der Waals surface area contributed by atoms with Crippen LogP contribution in [0.5, 0.6) is 0 Å². The van der Waals surface area contributed by atoms with Crippen molar-refractivity contribution in [3.63, 3.8) is 0 Å². The van der Waals surface area contributed by atoms with E-state index in [9.17, 15) is 28.0 Å². The number of carbonyl (C=O) groups is 4. The van der Waals surface area contributed by atoms with E-state index in [-0.39, 0.29) is 44.6 Å². The number of ketones is 2. The molecule has 1 amide bonds. The molecule has 8 aromatic heterocycles. The summed E-state index contributed by atoms with van der Waals surface area (Å²) < 4.78 is 34.9. The number of aryl methyl sites for hydroxylation is 2. The van der Waals surface area contributed by atoms with Crippen LogP contribution in [0.2, 0.25) is 0 Å². The number of nitrogens with zero attached hydrogens (tertiary/aromatic N) is 17. The Morgan fingerprint density at radius 1 is 0.600 bits per heavy atom. The maximum atomic E-state index is 14.8. The van der Waals surface area contributed by atoms with Crippen LogP contribution in [0.1, 0.15) is 32.4 Å². The molecule has 2 aliphatic heterocycles. The van der Waals surface area contributed by atoms with Gasteiger partial charge in [0.05, 0.1) is 81.5 Å². The highest BCUT2D eigenvalue weighted by Gasteiger charge is 2.32. The number of hydrogen-bond acceptors (Lipinski definition) is 17. The molecule has 380 valence electrons. The molecule has 10 aromatic rings. The first-order valence-electron chi connectivity index (χ1n) is 23.3. The quantitative estimate of drug-likeness (QED) is 0.113. The van der Waals surface area contributed by atoms with Crippen molar-refractivity contribution in [2.75, 3.05) is 62.2 Å². The van der Waals surface area contributed by atoms with E-state index >= 15 is 0 Å². The molecule has 75 heavy (non-hydrogen) atoms.